The monoisotopic (exact) mass is 513 g/mol. The van der Waals surface area contributed by atoms with Crippen LogP contribution in [-0.2, 0) is 4.57 Å². The molecule has 0 radical (unpaired) electrons. The number of nitrogens with one attached hydrogen (secondary N) is 2. The lowest BCUT2D eigenvalue weighted by atomic mass is 10.2. The van der Waals surface area contributed by atoms with Gasteiger partial charge in [0, 0.05) is 24.3 Å². The number of ether oxygens (including phenoxy) is 1. The first kappa shape index (κ1) is 22.0. The number of nitrogens with two attached hydrogens (primary N) is 1. The van der Waals surface area contributed by atoms with Crippen molar-refractivity contribution in [2.24, 2.45) is 0 Å². The number of methoxy groups -OCH3 is 1. The Bertz CT molecular complexity index is 1360. The van der Waals surface area contributed by atoms with Gasteiger partial charge in [0.15, 0.2) is 0 Å². The maximum Gasteiger partial charge on any atom is 0.229 e. The van der Waals surface area contributed by atoms with Gasteiger partial charge in [-0.15, -0.1) is 0 Å². The van der Waals surface area contributed by atoms with E-state index in [1.165, 1.54) is 0 Å². The van der Waals surface area contributed by atoms with E-state index >= 15 is 0 Å². The van der Waals surface area contributed by atoms with Crippen LogP contribution in [0, 0.1) is 0 Å². The normalized spacial score (nSPS) is 11.4. The molecule has 164 valence electrons. The predicted molar refractivity (Wildman–Crippen MR) is 132 cm³/mol. The molecular weight excluding hydrogens is 493 g/mol. The fourth-order valence-electron chi connectivity index (χ4n) is 3.25. The van der Waals surface area contributed by atoms with Gasteiger partial charge in [-0.05, 0) is 59.6 Å². The molecule has 0 aliphatic carbocycles. The fourth-order valence-corrected chi connectivity index (χ4v) is 4.94. The van der Waals surface area contributed by atoms with Gasteiger partial charge in [-0.1, -0.05) is 0 Å². The molecule has 0 unspecified atom stereocenters. The Balaban J connectivity index is 1.74. The first-order valence-corrected chi connectivity index (χ1v) is 12.9. The van der Waals surface area contributed by atoms with Gasteiger partial charge < -0.3 is 25.7 Å². The van der Waals surface area contributed by atoms with Crippen molar-refractivity contribution in [3.05, 3.63) is 53.4 Å². The number of hydrogen-bond donors (Lipinski definition) is 3. The summed E-state index contributed by atoms with van der Waals surface area (Å²) in [5.74, 6) is 1.43. The van der Waals surface area contributed by atoms with Crippen molar-refractivity contribution in [2.45, 2.75) is 0 Å². The fraction of sp³-hybridized carbons (Fsp3) is 0.143. The van der Waals surface area contributed by atoms with Gasteiger partial charge in [-0.25, -0.2) is 4.98 Å². The Morgan fingerprint density at radius 2 is 1.81 bits per heavy atom. The number of rotatable bonds is 6. The summed E-state index contributed by atoms with van der Waals surface area (Å²) in [4.78, 5) is 17.6. The molecule has 0 aliphatic rings. The molecule has 0 atom stereocenters. The number of aromatic nitrogens is 4. The Labute approximate surface area is 193 Å². The average molecular weight is 514 g/mol. The molecule has 0 amide bonds. The maximum atomic E-state index is 13.1. The molecule has 0 aliphatic heterocycles. The molecule has 0 spiro atoms. The second kappa shape index (κ2) is 8.72. The van der Waals surface area contributed by atoms with E-state index in [4.69, 9.17) is 10.5 Å². The zero-order valence-electron chi connectivity index (χ0n) is 17.6. The molecule has 4 aromatic rings. The molecule has 0 saturated heterocycles. The van der Waals surface area contributed by atoms with Crippen molar-refractivity contribution < 1.29 is 9.30 Å². The molecule has 11 heteroatoms. The van der Waals surface area contributed by atoms with E-state index in [1.807, 2.05) is 12.1 Å². The van der Waals surface area contributed by atoms with E-state index in [0.29, 0.717) is 55.4 Å². The van der Waals surface area contributed by atoms with E-state index in [9.17, 15) is 4.57 Å². The number of fused-ring (bicyclic) bond motifs is 1. The Morgan fingerprint density at radius 3 is 2.56 bits per heavy atom. The van der Waals surface area contributed by atoms with E-state index in [0.717, 1.165) is 0 Å². The zero-order valence-corrected chi connectivity index (χ0v) is 20.1. The van der Waals surface area contributed by atoms with Crippen molar-refractivity contribution in [2.75, 3.05) is 36.8 Å². The number of nitrogen functional groups attached to an aromatic ring is 1. The van der Waals surface area contributed by atoms with Crippen molar-refractivity contribution in [1.29, 1.82) is 0 Å². The third-order valence-electron chi connectivity index (χ3n) is 4.62. The predicted octanol–water partition coefficient (Wildman–Crippen LogP) is 4.51. The number of anilines is 5. The Hall–Kier alpha value is -3.23. The van der Waals surface area contributed by atoms with Crippen LogP contribution in [-0.4, -0.2) is 40.4 Å². The van der Waals surface area contributed by atoms with Crippen molar-refractivity contribution in [3.63, 3.8) is 0 Å². The summed E-state index contributed by atoms with van der Waals surface area (Å²) in [6.07, 6.45) is 4.82. The van der Waals surface area contributed by atoms with Gasteiger partial charge in [0.2, 0.25) is 5.95 Å². The first-order chi connectivity index (χ1) is 15.3. The molecular formula is C21H21BrN7O2P. The van der Waals surface area contributed by atoms with Gasteiger partial charge in [0.05, 0.1) is 33.8 Å². The van der Waals surface area contributed by atoms with Crippen LogP contribution in [0.5, 0.6) is 5.75 Å². The standard InChI is InChI=1S/C21H21BrN7O2P/c1-31-17-7-4-12(23)10-16(17)28-21-26-11-13(22)20(29-21)27-15-6-5-14-18(25-9-8-24-14)19(15)32(2,3)30/h4-11H,23H2,1-3H3,(H2,26,27,28,29). The highest BCUT2D eigenvalue weighted by Gasteiger charge is 2.22. The SMILES string of the molecule is COc1ccc(N)cc1Nc1ncc(Br)c(Nc2ccc3nccnc3c2P(C)(C)=O)n1. The summed E-state index contributed by atoms with van der Waals surface area (Å²) in [7, 11) is -1.13. The van der Waals surface area contributed by atoms with Crippen LogP contribution in [0.2, 0.25) is 0 Å². The van der Waals surface area contributed by atoms with Crippen LogP contribution < -0.4 is 26.4 Å². The maximum absolute atomic E-state index is 13.1. The number of hydrogen-bond acceptors (Lipinski definition) is 9. The quantitative estimate of drug-likeness (QED) is 0.252. The van der Waals surface area contributed by atoms with E-state index < -0.39 is 7.14 Å². The van der Waals surface area contributed by atoms with Crippen LogP contribution in [0.3, 0.4) is 0 Å². The molecule has 4 N–H and O–H groups in total. The largest absolute Gasteiger partial charge is 0.495 e. The van der Waals surface area contributed by atoms with E-state index in [2.05, 4.69) is 46.5 Å². The summed E-state index contributed by atoms with van der Waals surface area (Å²) < 4.78 is 19.2. The highest BCUT2D eigenvalue weighted by molar-refractivity contribution is 9.10. The highest BCUT2D eigenvalue weighted by atomic mass is 79.9. The summed E-state index contributed by atoms with van der Waals surface area (Å²) in [6.45, 7) is 3.41. The minimum Gasteiger partial charge on any atom is -0.495 e. The molecule has 32 heavy (non-hydrogen) atoms. The average Bonchev–Trinajstić information content (AvgIpc) is 2.75. The summed E-state index contributed by atoms with van der Waals surface area (Å²) >= 11 is 3.48. The van der Waals surface area contributed by atoms with Gasteiger partial charge in [0.1, 0.15) is 24.2 Å². The van der Waals surface area contributed by atoms with Crippen LogP contribution in [0.15, 0.2) is 53.4 Å². The molecule has 0 bridgehead atoms. The molecule has 9 nitrogen and oxygen atoms in total. The van der Waals surface area contributed by atoms with Crippen LogP contribution in [0.25, 0.3) is 11.0 Å². The lowest BCUT2D eigenvalue weighted by Gasteiger charge is -2.17. The third-order valence-corrected chi connectivity index (χ3v) is 6.73. The number of benzene rings is 2. The van der Waals surface area contributed by atoms with Crippen LogP contribution >= 0.6 is 23.1 Å². The summed E-state index contributed by atoms with van der Waals surface area (Å²) in [5, 5.41) is 7.01. The number of halogens is 1. The lowest BCUT2D eigenvalue weighted by molar-refractivity contribution is 0.417. The molecule has 0 saturated carbocycles. The Kier molecular flexibility index (Phi) is 5.99. The number of nitrogens with zero attached hydrogens (tertiary/aromatic N) is 4. The van der Waals surface area contributed by atoms with Crippen molar-refractivity contribution in [3.8, 4) is 5.75 Å². The van der Waals surface area contributed by atoms with Crippen molar-refractivity contribution in [1.82, 2.24) is 19.9 Å². The topological polar surface area (TPSA) is 128 Å². The molecule has 0 fully saturated rings. The second-order valence-electron chi connectivity index (χ2n) is 7.34. The second-order valence-corrected chi connectivity index (χ2v) is 11.3. The van der Waals surface area contributed by atoms with Gasteiger partial charge in [-0.2, -0.15) is 4.98 Å². The highest BCUT2D eigenvalue weighted by Crippen LogP contribution is 2.41. The molecule has 2 aromatic carbocycles. The van der Waals surface area contributed by atoms with Crippen molar-refractivity contribution >= 4 is 68.2 Å². The minimum atomic E-state index is -2.71. The minimum absolute atomic E-state index is 0.331. The van der Waals surface area contributed by atoms with Crippen LogP contribution in [0.4, 0.5) is 28.8 Å². The molecule has 4 rings (SSSR count). The van der Waals surface area contributed by atoms with Gasteiger partial charge >= 0.3 is 0 Å². The summed E-state index contributed by atoms with van der Waals surface area (Å²) in [6, 6.07) is 8.90. The third kappa shape index (κ3) is 4.51. The Morgan fingerprint density at radius 1 is 1.03 bits per heavy atom. The summed E-state index contributed by atoms with van der Waals surface area (Å²) in [5.41, 5.74) is 9.02. The molecule has 2 heterocycles. The molecule has 2 aromatic heterocycles. The zero-order chi connectivity index (χ0) is 22.9. The smallest absolute Gasteiger partial charge is 0.229 e. The van der Waals surface area contributed by atoms with Gasteiger partial charge in [0.25, 0.3) is 0 Å². The first-order valence-electron chi connectivity index (χ1n) is 9.55. The van der Waals surface area contributed by atoms with E-state index in [1.54, 1.807) is 57.2 Å². The van der Waals surface area contributed by atoms with Crippen LogP contribution in [0.1, 0.15) is 0 Å². The van der Waals surface area contributed by atoms with Gasteiger partial charge in [-0.3, -0.25) is 9.97 Å². The lowest BCUT2D eigenvalue weighted by Crippen LogP contribution is -2.14. The van der Waals surface area contributed by atoms with E-state index in [-0.39, 0.29) is 0 Å².